The molecule has 0 aromatic heterocycles. The average Bonchev–Trinajstić information content (AvgIpc) is 3.08. The Balaban J connectivity index is 1.72. The number of carbonyl (C=O) groups excluding carboxylic acids is 1. The molecule has 1 aromatic rings. The molecule has 3 rings (SSSR count). The fourth-order valence-corrected chi connectivity index (χ4v) is 3.84. The van der Waals surface area contributed by atoms with Crippen LogP contribution >= 0.6 is 0 Å². The van der Waals surface area contributed by atoms with Gasteiger partial charge in [0.25, 0.3) is 5.91 Å². The maximum atomic E-state index is 13.3. The van der Waals surface area contributed by atoms with Gasteiger partial charge in [-0.2, -0.15) is 18.4 Å². The van der Waals surface area contributed by atoms with Crippen molar-refractivity contribution in [1.82, 2.24) is 9.80 Å². The molecule has 6 nitrogen and oxygen atoms in total. The number of benzene rings is 1. The largest absolute Gasteiger partial charge is 0.417 e. The van der Waals surface area contributed by atoms with Crippen LogP contribution < -0.4 is 4.90 Å². The number of rotatable bonds is 3. The number of carbonyl (C=O) groups is 1. The fraction of sp³-hybridized carbons (Fsp3) is 0.600. The minimum Gasteiger partial charge on any atom is -0.344 e. The van der Waals surface area contributed by atoms with Crippen LogP contribution in [-0.2, 0) is 15.7 Å². The summed E-state index contributed by atoms with van der Waals surface area (Å²) in [4.78, 5) is 18.5. The van der Waals surface area contributed by atoms with E-state index in [1.165, 1.54) is 6.07 Å². The average molecular weight is 410 g/mol. The van der Waals surface area contributed by atoms with Gasteiger partial charge in [0.2, 0.25) is 0 Å². The third-order valence-electron chi connectivity index (χ3n) is 5.55. The smallest absolute Gasteiger partial charge is 0.344 e. The third kappa shape index (κ3) is 4.49. The SMILES string of the molecule is CC(C)N1CCN(C(=O)[C@@H]2CN(c3ccc(C#N)c(C(F)(F)F)c3)[C@@H](C)O2)CC1. The van der Waals surface area contributed by atoms with E-state index in [9.17, 15) is 18.0 Å². The van der Waals surface area contributed by atoms with Crippen molar-refractivity contribution in [3.8, 4) is 6.07 Å². The van der Waals surface area contributed by atoms with Crippen molar-refractivity contribution < 1.29 is 22.7 Å². The molecule has 158 valence electrons. The van der Waals surface area contributed by atoms with Crippen LogP contribution in [-0.4, -0.2) is 66.8 Å². The molecule has 1 aromatic carbocycles. The molecule has 2 atom stereocenters. The quantitative estimate of drug-likeness (QED) is 0.767. The van der Waals surface area contributed by atoms with Crippen LogP contribution in [0, 0.1) is 11.3 Å². The second-order valence-corrected chi connectivity index (χ2v) is 7.67. The molecule has 0 radical (unpaired) electrons. The van der Waals surface area contributed by atoms with E-state index in [1.807, 2.05) is 0 Å². The minimum atomic E-state index is -4.63. The van der Waals surface area contributed by atoms with Crippen molar-refractivity contribution in [2.75, 3.05) is 37.6 Å². The highest BCUT2D eigenvalue weighted by atomic mass is 19.4. The van der Waals surface area contributed by atoms with E-state index >= 15 is 0 Å². The molecule has 0 unspecified atom stereocenters. The van der Waals surface area contributed by atoms with Crippen molar-refractivity contribution in [2.45, 2.75) is 45.3 Å². The van der Waals surface area contributed by atoms with Crippen molar-refractivity contribution in [3.63, 3.8) is 0 Å². The number of ether oxygens (including phenoxy) is 1. The van der Waals surface area contributed by atoms with E-state index < -0.39 is 29.6 Å². The second kappa shape index (κ2) is 8.20. The summed E-state index contributed by atoms with van der Waals surface area (Å²) in [6.07, 6.45) is -5.90. The lowest BCUT2D eigenvalue weighted by molar-refractivity contribution is -0.144. The van der Waals surface area contributed by atoms with Crippen LogP contribution in [0.5, 0.6) is 0 Å². The number of anilines is 1. The van der Waals surface area contributed by atoms with Crippen molar-refractivity contribution in [3.05, 3.63) is 29.3 Å². The van der Waals surface area contributed by atoms with Gasteiger partial charge in [0, 0.05) is 37.9 Å². The number of nitrogens with zero attached hydrogens (tertiary/aromatic N) is 4. The lowest BCUT2D eigenvalue weighted by Gasteiger charge is -2.37. The first-order valence-electron chi connectivity index (χ1n) is 9.68. The van der Waals surface area contributed by atoms with E-state index in [0.29, 0.717) is 19.1 Å². The van der Waals surface area contributed by atoms with Gasteiger partial charge in [0.05, 0.1) is 23.7 Å². The molecule has 9 heteroatoms. The standard InChI is InChI=1S/C20H25F3N4O2/c1-13(2)25-6-8-26(9-7-25)19(28)18-12-27(14(3)29-18)16-5-4-15(11-24)17(10-16)20(21,22)23/h4-5,10,13-14,18H,6-9,12H2,1-3H3/t14-,18+/m1/s1. The van der Waals surface area contributed by atoms with E-state index in [0.717, 1.165) is 25.2 Å². The molecule has 2 saturated heterocycles. The second-order valence-electron chi connectivity index (χ2n) is 7.67. The van der Waals surface area contributed by atoms with Gasteiger partial charge in [0.1, 0.15) is 6.23 Å². The molecular formula is C20H25F3N4O2. The van der Waals surface area contributed by atoms with E-state index in [2.05, 4.69) is 18.7 Å². The van der Waals surface area contributed by atoms with Gasteiger partial charge in [-0.1, -0.05) is 0 Å². The maximum Gasteiger partial charge on any atom is 0.417 e. The number of alkyl halides is 3. The van der Waals surface area contributed by atoms with Gasteiger partial charge in [0.15, 0.2) is 6.10 Å². The van der Waals surface area contributed by atoms with Crippen LogP contribution in [0.15, 0.2) is 18.2 Å². The number of halogens is 3. The van der Waals surface area contributed by atoms with Crippen molar-refractivity contribution in [1.29, 1.82) is 5.26 Å². The first-order chi connectivity index (χ1) is 13.6. The van der Waals surface area contributed by atoms with Crippen LogP contribution in [0.2, 0.25) is 0 Å². The molecule has 1 amide bonds. The molecule has 0 spiro atoms. The van der Waals surface area contributed by atoms with Crippen LogP contribution in [0.3, 0.4) is 0 Å². The summed E-state index contributed by atoms with van der Waals surface area (Å²) in [6.45, 7) is 8.91. The summed E-state index contributed by atoms with van der Waals surface area (Å²) in [7, 11) is 0. The normalized spacial score (nSPS) is 23.5. The zero-order valence-corrected chi connectivity index (χ0v) is 16.7. The van der Waals surface area contributed by atoms with Crippen molar-refractivity contribution >= 4 is 11.6 Å². The summed E-state index contributed by atoms with van der Waals surface area (Å²) in [5.41, 5.74) is -1.13. The lowest BCUT2D eigenvalue weighted by atomic mass is 10.1. The first-order valence-corrected chi connectivity index (χ1v) is 9.68. The summed E-state index contributed by atoms with van der Waals surface area (Å²) in [5.74, 6) is -0.132. The summed E-state index contributed by atoms with van der Waals surface area (Å²) < 4.78 is 45.6. The number of piperazine rings is 1. The maximum absolute atomic E-state index is 13.3. The zero-order valence-electron chi connectivity index (χ0n) is 16.7. The molecule has 29 heavy (non-hydrogen) atoms. The van der Waals surface area contributed by atoms with E-state index in [-0.39, 0.29) is 18.1 Å². The van der Waals surface area contributed by atoms with Gasteiger partial charge >= 0.3 is 6.18 Å². The Morgan fingerprint density at radius 2 is 1.90 bits per heavy atom. The Bertz CT molecular complexity index is 798. The van der Waals surface area contributed by atoms with Gasteiger partial charge in [-0.3, -0.25) is 9.69 Å². The zero-order chi connectivity index (χ0) is 21.3. The molecule has 2 aliphatic heterocycles. The molecular weight excluding hydrogens is 385 g/mol. The Labute approximate surface area is 168 Å². The first kappa shape index (κ1) is 21.4. The molecule has 2 heterocycles. The molecule has 0 N–H and O–H groups in total. The summed E-state index contributed by atoms with van der Waals surface area (Å²) in [6, 6.07) is 5.57. The Hall–Kier alpha value is -2.31. The van der Waals surface area contributed by atoms with Crippen LogP contribution in [0.25, 0.3) is 0 Å². The fourth-order valence-electron chi connectivity index (χ4n) is 3.84. The molecule has 2 aliphatic rings. The molecule has 0 saturated carbocycles. The molecule has 2 fully saturated rings. The van der Waals surface area contributed by atoms with Crippen LogP contribution in [0.1, 0.15) is 31.9 Å². The monoisotopic (exact) mass is 410 g/mol. The number of hydrogen-bond donors (Lipinski definition) is 0. The van der Waals surface area contributed by atoms with E-state index in [1.54, 1.807) is 22.8 Å². The highest BCUT2D eigenvalue weighted by Crippen LogP contribution is 2.36. The number of amides is 1. The van der Waals surface area contributed by atoms with Gasteiger partial charge in [-0.05, 0) is 39.0 Å². The number of hydrogen-bond acceptors (Lipinski definition) is 5. The third-order valence-corrected chi connectivity index (χ3v) is 5.55. The van der Waals surface area contributed by atoms with Gasteiger partial charge < -0.3 is 14.5 Å². The van der Waals surface area contributed by atoms with Crippen LogP contribution in [0.4, 0.5) is 18.9 Å². The highest BCUT2D eigenvalue weighted by Gasteiger charge is 2.39. The summed E-state index contributed by atoms with van der Waals surface area (Å²) >= 11 is 0. The Kier molecular flexibility index (Phi) is 6.05. The highest BCUT2D eigenvalue weighted by molar-refractivity contribution is 5.82. The lowest BCUT2D eigenvalue weighted by Crippen LogP contribution is -2.53. The summed E-state index contributed by atoms with van der Waals surface area (Å²) in [5, 5.41) is 8.96. The van der Waals surface area contributed by atoms with Gasteiger partial charge in [-0.25, -0.2) is 0 Å². The van der Waals surface area contributed by atoms with E-state index in [4.69, 9.17) is 10.00 Å². The Morgan fingerprint density at radius 1 is 1.24 bits per heavy atom. The topological polar surface area (TPSA) is 59.8 Å². The minimum absolute atomic E-state index is 0.132. The molecule has 0 aliphatic carbocycles. The van der Waals surface area contributed by atoms with Crippen molar-refractivity contribution in [2.24, 2.45) is 0 Å². The predicted octanol–water partition coefficient (Wildman–Crippen LogP) is 2.68. The molecule has 0 bridgehead atoms. The Morgan fingerprint density at radius 3 is 2.45 bits per heavy atom. The number of nitriles is 1. The predicted molar refractivity (Wildman–Crippen MR) is 101 cm³/mol. The van der Waals surface area contributed by atoms with Gasteiger partial charge in [-0.15, -0.1) is 0 Å².